The first-order valence-electron chi connectivity index (χ1n) is 9.77. The summed E-state index contributed by atoms with van der Waals surface area (Å²) in [5, 5.41) is 4.02. The maximum atomic E-state index is 12.6. The Morgan fingerprint density at radius 1 is 1.22 bits per heavy atom. The topological polar surface area (TPSA) is 57.2 Å². The minimum absolute atomic E-state index is 0.149. The zero-order valence-corrected chi connectivity index (χ0v) is 17.2. The molecule has 0 aromatic heterocycles. The molecule has 1 heterocycles. The number of carbonyl (C=O) groups excluding carboxylic acids is 1. The Bertz CT molecular complexity index is 616. The number of hydrogen-bond donors (Lipinski definition) is 1. The molecule has 1 aromatic carbocycles. The fraction of sp³-hybridized carbons (Fsp3) is 0.600. The summed E-state index contributed by atoms with van der Waals surface area (Å²) < 4.78 is 5.36. The highest BCUT2D eigenvalue weighted by Crippen LogP contribution is 2.13. The van der Waals surface area contributed by atoms with E-state index in [1.54, 1.807) is 0 Å². The Kier molecular flexibility index (Phi) is 9.42. The van der Waals surface area contributed by atoms with Gasteiger partial charge in [0.15, 0.2) is 5.96 Å². The van der Waals surface area contributed by atoms with Crippen LogP contribution in [0, 0.1) is 0 Å². The van der Waals surface area contributed by atoms with Gasteiger partial charge in [-0.05, 0) is 38.0 Å². The van der Waals surface area contributed by atoms with Gasteiger partial charge in [0.1, 0.15) is 0 Å². The predicted molar refractivity (Wildman–Crippen MR) is 110 cm³/mol. The van der Waals surface area contributed by atoms with E-state index >= 15 is 0 Å². The number of piperazine rings is 1. The third-order valence-corrected chi connectivity index (χ3v) is 4.66. The molecule has 1 amide bonds. The smallest absolute Gasteiger partial charge is 0.227 e. The van der Waals surface area contributed by atoms with Gasteiger partial charge < -0.3 is 19.9 Å². The molecule has 7 heteroatoms. The fourth-order valence-corrected chi connectivity index (χ4v) is 3.24. The van der Waals surface area contributed by atoms with Gasteiger partial charge in [-0.1, -0.05) is 23.7 Å². The first-order chi connectivity index (χ1) is 13.1. The van der Waals surface area contributed by atoms with E-state index in [0.717, 1.165) is 57.3 Å². The van der Waals surface area contributed by atoms with Crippen LogP contribution in [0.25, 0.3) is 0 Å². The number of guanidine groups is 1. The summed E-state index contributed by atoms with van der Waals surface area (Å²) in [6.45, 7) is 10.1. The van der Waals surface area contributed by atoms with Crippen LogP contribution in [0.3, 0.4) is 0 Å². The molecular formula is C20H31ClN4O2. The summed E-state index contributed by atoms with van der Waals surface area (Å²) in [6, 6.07) is 7.50. The van der Waals surface area contributed by atoms with E-state index in [9.17, 15) is 4.79 Å². The zero-order valence-electron chi connectivity index (χ0n) is 16.4. The number of hydrogen-bond acceptors (Lipinski definition) is 3. The van der Waals surface area contributed by atoms with Gasteiger partial charge in [0.25, 0.3) is 0 Å². The molecule has 0 aliphatic carbocycles. The van der Waals surface area contributed by atoms with E-state index in [2.05, 4.69) is 22.1 Å². The molecule has 0 radical (unpaired) electrons. The number of rotatable bonds is 8. The highest BCUT2D eigenvalue weighted by atomic mass is 35.5. The monoisotopic (exact) mass is 394 g/mol. The van der Waals surface area contributed by atoms with Crippen LogP contribution < -0.4 is 5.32 Å². The third kappa shape index (κ3) is 7.39. The molecule has 6 nitrogen and oxygen atoms in total. The van der Waals surface area contributed by atoms with E-state index in [0.29, 0.717) is 24.5 Å². The number of ether oxygens (including phenoxy) is 1. The number of carbonyl (C=O) groups is 1. The fourth-order valence-electron chi connectivity index (χ4n) is 3.02. The van der Waals surface area contributed by atoms with E-state index in [1.165, 1.54) is 0 Å². The van der Waals surface area contributed by atoms with Crippen molar-refractivity contribution < 1.29 is 9.53 Å². The molecular weight excluding hydrogens is 364 g/mol. The molecule has 0 unspecified atom stereocenters. The van der Waals surface area contributed by atoms with Crippen molar-refractivity contribution in [3.8, 4) is 0 Å². The van der Waals surface area contributed by atoms with Crippen LogP contribution in [0.1, 0.15) is 25.8 Å². The number of benzene rings is 1. The molecule has 0 bridgehead atoms. The zero-order chi connectivity index (χ0) is 19.5. The molecule has 1 N–H and O–H groups in total. The van der Waals surface area contributed by atoms with Crippen molar-refractivity contribution in [2.75, 3.05) is 52.5 Å². The SMILES string of the molecule is CCNC(=NCCCOCC)N1CCN(C(=O)Cc2cccc(Cl)c2)CC1. The molecule has 0 saturated carbocycles. The maximum absolute atomic E-state index is 12.6. The molecule has 1 aliphatic rings. The second-order valence-corrected chi connectivity index (χ2v) is 6.90. The van der Waals surface area contributed by atoms with E-state index in [1.807, 2.05) is 36.1 Å². The average Bonchev–Trinajstić information content (AvgIpc) is 2.67. The van der Waals surface area contributed by atoms with Crippen molar-refractivity contribution in [1.29, 1.82) is 0 Å². The third-order valence-electron chi connectivity index (χ3n) is 4.42. The predicted octanol–water partition coefficient (Wildman–Crippen LogP) is 2.42. The number of nitrogens with zero attached hydrogens (tertiary/aromatic N) is 3. The molecule has 27 heavy (non-hydrogen) atoms. The maximum Gasteiger partial charge on any atom is 0.227 e. The normalized spacial score (nSPS) is 15.1. The van der Waals surface area contributed by atoms with Crippen molar-refractivity contribution >= 4 is 23.5 Å². The van der Waals surface area contributed by atoms with E-state index in [-0.39, 0.29) is 5.91 Å². The molecule has 1 saturated heterocycles. The Morgan fingerprint density at radius 3 is 2.63 bits per heavy atom. The highest BCUT2D eigenvalue weighted by molar-refractivity contribution is 6.30. The van der Waals surface area contributed by atoms with Gasteiger partial charge in [0.05, 0.1) is 6.42 Å². The molecule has 1 aromatic rings. The first kappa shape index (κ1) is 21.5. The van der Waals surface area contributed by atoms with Crippen LogP contribution in [0.2, 0.25) is 5.02 Å². The second-order valence-electron chi connectivity index (χ2n) is 6.46. The Morgan fingerprint density at radius 2 is 1.96 bits per heavy atom. The molecule has 1 fully saturated rings. The molecule has 2 rings (SSSR count). The summed E-state index contributed by atoms with van der Waals surface area (Å²) in [5.41, 5.74) is 0.958. The Labute approximate surface area is 167 Å². The van der Waals surface area contributed by atoms with Crippen LogP contribution in [0.15, 0.2) is 29.3 Å². The molecule has 0 atom stereocenters. The highest BCUT2D eigenvalue weighted by Gasteiger charge is 2.23. The summed E-state index contributed by atoms with van der Waals surface area (Å²) in [6.07, 6.45) is 1.31. The number of aliphatic imine (C=N–C) groups is 1. The summed E-state index contributed by atoms with van der Waals surface area (Å²) in [7, 11) is 0. The van der Waals surface area contributed by atoms with Crippen LogP contribution in [-0.2, 0) is 16.0 Å². The lowest BCUT2D eigenvalue weighted by atomic mass is 10.1. The van der Waals surface area contributed by atoms with Crippen LogP contribution >= 0.6 is 11.6 Å². The largest absolute Gasteiger partial charge is 0.382 e. The molecule has 150 valence electrons. The summed E-state index contributed by atoms with van der Waals surface area (Å²) in [4.78, 5) is 21.4. The second kappa shape index (κ2) is 11.8. The minimum Gasteiger partial charge on any atom is -0.382 e. The Balaban J connectivity index is 1.82. The molecule has 1 aliphatic heterocycles. The Hall–Kier alpha value is -1.79. The van der Waals surface area contributed by atoms with Gasteiger partial charge in [-0.3, -0.25) is 9.79 Å². The lowest BCUT2D eigenvalue weighted by molar-refractivity contribution is -0.131. The van der Waals surface area contributed by atoms with Gasteiger partial charge >= 0.3 is 0 Å². The van der Waals surface area contributed by atoms with Crippen molar-refractivity contribution in [2.24, 2.45) is 4.99 Å². The minimum atomic E-state index is 0.149. The van der Waals surface area contributed by atoms with Gasteiger partial charge in [-0.15, -0.1) is 0 Å². The van der Waals surface area contributed by atoms with Gasteiger partial charge in [0, 0.05) is 57.5 Å². The molecule has 0 spiro atoms. The number of halogens is 1. The van der Waals surface area contributed by atoms with Gasteiger partial charge in [-0.2, -0.15) is 0 Å². The van der Waals surface area contributed by atoms with Crippen molar-refractivity contribution in [3.63, 3.8) is 0 Å². The standard InChI is InChI=1S/C20H31ClN4O2/c1-3-22-20(23-9-6-14-27-4-2)25-12-10-24(11-13-25)19(26)16-17-7-5-8-18(21)15-17/h5,7-8,15H,3-4,6,9-14,16H2,1-2H3,(H,22,23). The van der Waals surface area contributed by atoms with Crippen LogP contribution in [0.5, 0.6) is 0 Å². The van der Waals surface area contributed by atoms with Gasteiger partial charge in [-0.25, -0.2) is 0 Å². The van der Waals surface area contributed by atoms with Crippen molar-refractivity contribution in [2.45, 2.75) is 26.7 Å². The number of amides is 1. The van der Waals surface area contributed by atoms with Crippen LogP contribution in [-0.4, -0.2) is 74.1 Å². The van der Waals surface area contributed by atoms with Crippen molar-refractivity contribution in [3.05, 3.63) is 34.9 Å². The quantitative estimate of drug-likeness (QED) is 0.418. The summed E-state index contributed by atoms with van der Waals surface area (Å²) in [5.74, 6) is 1.08. The van der Waals surface area contributed by atoms with Gasteiger partial charge in [0.2, 0.25) is 5.91 Å². The van der Waals surface area contributed by atoms with E-state index in [4.69, 9.17) is 16.3 Å². The first-order valence-corrected chi connectivity index (χ1v) is 10.1. The summed E-state index contributed by atoms with van der Waals surface area (Å²) >= 11 is 6.01. The average molecular weight is 395 g/mol. The number of nitrogens with one attached hydrogen (secondary N) is 1. The van der Waals surface area contributed by atoms with Crippen LogP contribution in [0.4, 0.5) is 0 Å². The van der Waals surface area contributed by atoms with E-state index < -0.39 is 0 Å². The lowest BCUT2D eigenvalue weighted by Crippen LogP contribution is -2.54. The van der Waals surface area contributed by atoms with Crippen molar-refractivity contribution in [1.82, 2.24) is 15.1 Å². The lowest BCUT2D eigenvalue weighted by Gasteiger charge is -2.36.